The van der Waals surface area contributed by atoms with Crippen LogP contribution in [0.2, 0.25) is 0 Å². The van der Waals surface area contributed by atoms with Crippen LogP contribution in [0.3, 0.4) is 0 Å². The molecule has 0 atom stereocenters. The van der Waals surface area contributed by atoms with Gasteiger partial charge < -0.3 is 9.84 Å². The summed E-state index contributed by atoms with van der Waals surface area (Å²) < 4.78 is 19.6. The van der Waals surface area contributed by atoms with E-state index in [4.69, 9.17) is 9.84 Å². The third kappa shape index (κ3) is 4.67. The van der Waals surface area contributed by atoms with E-state index in [1.807, 2.05) is 22.6 Å². The molecule has 3 rings (SSSR count). The van der Waals surface area contributed by atoms with Gasteiger partial charge >= 0.3 is 12.0 Å². The van der Waals surface area contributed by atoms with Crippen molar-refractivity contribution in [3.05, 3.63) is 61.4 Å². The minimum atomic E-state index is -1.21. The number of carbonyl (C=O) groups excluding carboxylic acids is 3. The van der Waals surface area contributed by atoms with Crippen LogP contribution in [0.15, 0.2) is 46.4 Å². The third-order valence-corrected chi connectivity index (χ3v) is 5.08. The Bertz CT molecular complexity index is 1100. The summed E-state index contributed by atoms with van der Waals surface area (Å²) in [6, 6.07) is 6.87. The second-order valence-electron chi connectivity index (χ2n) is 5.92. The van der Waals surface area contributed by atoms with Crippen molar-refractivity contribution in [2.75, 3.05) is 11.5 Å². The van der Waals surface area contributed by atoms with Gasteiger partial charge in [-0.05, 0) is 81.0 Å². The fourth-order valence-electron chi connectivity index (χ4n) is 2.61. The number of hydrogen-bond acceptors (Lipinski definition) is 5. The van der Waals surface area contributed by atoms with Crippen LogP contribution in [0.4, 0.5) is 14.9 Å². The van der Waals surface area contributed by atoms with E-state index in [9.17, 15) is 23.6 Å². The van der Waals surface area contributed by atoms with Crippen LogP contribution in [0.5, 0.6) is 5.75 Å². The van der Waals surface area contributed by atoms with Gasteiger partial charge in [0.2, 0.25) is 0 Å². The molecule has 0 spiro atoms. The fourth-order valence-corrected chi connectivity index (χ4v) is 4.28. The number of carboxylic acids is 1. The van der Waals surface area contributed by atoms with Crippen molar-refractivity contribution in [3.8, 4) is 5.75 Å². The Balaban J connectivity index is 2.06. The Morgan fingerprint density at radius 2 is 1.90 bits per heavy atom. The molecule has 2 aromatic rings. The lowest BCUT2D eigenvalue weighted by molar-refractivity contribution is -0.139. The largest absolute Gasteiger partial charge is 0.480 e. The summed E-state index contributed by atoms with van der Waals surface area (Å²) in [6.07, 6.45) is 1.20. The Kier molecular flexibility index (Phi) is 6.51. The molecule has 1 fully saturated rings. The minimum absolute atomic E-state index is 0.0727. The molecule has 0 aliphatic carbocycles. The Morgan fingerprint density at radius 1 is 1.23 bits per heavy atom. The number of halogens is 3. The highest BCUT2D eigenvalue weighted by Gasteiger charge is 2.37. The summed E-state index contributed by atoms with van der Waals surface area (Å²) in [7, 11) is 0. The Hall–Kier alpha value is -2.80. The predicted octanol–water partition coefficient (Wildman–Crippen LogP) is 3.32. The maximum Gasteiger partial charge on any atom is 0.341 e. The molecule has 8 nitrogen and oxygen atoms in total. The number of imide groups is 2. The van der Waals surface area contributed by atoms with Crippen molar-refractivity contribution >= 4 is 74.1 Å². The van der Waals surface area contributed by atoms with Crippen LogP contribution >= 0.6 is 38.5 Å². The highest BCUT2D eigenvalue weighted by Crippen LogP contribution is 2.34. The minimum Gasteiger partial charge on any atom is -0.480 e. The number of rotatable bonds is 5. The average molecular weight is 589 g/mol. The zero-order chi connectivity index (χ0) is 22.0. The van der Waals surface area contributed by atoms with Crippen molar-refractivity contribution in [2.45, 2.75) is 0 Å². The molecule has 154 valence electrons. The van der Waals surface area contributed by atoms with E-state index < -0.39 is 36.2 Å². The molecule has 2 aromatic carbocycles. The summed E-state index contributed by atoms with van der Waals surface area (Å²) in [5.41, 5.74) is -0.0570. The predicted molar refractivity (Wildman–Crippen MR) is 115 cm³/mol. The van der Waals surface area contributed by atoms with E-state index in [1.165, 1.54) is 18.2 Å². The molecule has 0 radical (unpaired) electrons. The lowest BCUT2D eigenvalue weighted by Gasteiger charge is -2.26. The number of nitrogens with one attached hydrogen (secondary N) is 1. The monoisotopic (exact) mass is 588 g/mol. The maximum atomic E-state index is 13.2. The van der Waals surface area contributed by atoms with Crippen LogP contribution in [0.25, 0.3) is 6.08 Å². The van der Waals surface area contributed by atoms with E-state index in [0.29, 0.717) is 12.9 Å². The van der Waals surface area contributed by atoms with Crippen LogP contribution < -0.4 is 15.0 Å². The normalized spacial score (nSPS) is 15.4. The number of benzene rings is 2. The Labute approximate surface area is 191 Å². The van der Waals surface area contributed by atoms with Gasteiger partial charge in [0.25, 0.3) is 11.8 Å². The molecule has 0 bridgehead atoms. The van der Waals surface area contributed by atoms with Gasteiger partial charge in [0, 0.05) is 9.13 Å². The molecule has 1 saturated heterocycles. The standard InChI is InChI=1S/C19H11BrFIN2O6/c20-14-7-11(22)5-9(16(14)30-8-15(25)26)6-13-17(27)23-19(29)24(18(13)28)12-3-1-10(21)2-4-12/h1-7H,8H2,(H,25,26)(H,23,27,29)/b13-6+. The van der Waals surface area contributed by atoms with Gasteiger partial charge in [0.05, 0.1) is 10.2 Å². The second-order valence-corrected chi connectivity index (χ2v) is 8.02. The van der Waals surface area contributed by atoms with Gasteiger partial charge in [0.1, 0.15) is 17.1 Å². The van der Waals surface area contributed by atoms with E-state index >= 15 is 0 Å². The number of carboxylic acid groups (broad SMARTS) is 1. The molecule has 0 saturated carbocycles. The molecule has 0 aromatic heterocycles. The fraction of sp³-hybridized carbons (Fsp3) is 0.0526. The molecule has 1 aliphatic heterocycles. The Morgan fingerprint density at radius 3 is 2.53 bits per heavy atom. The van der Waals surface area contributed by atoms with Crippen molar-refractivity contribution in [1.29, 1.82) is 0 Å². The number of urea groups is 1. The van der Waals surface area contributed by atoms with Crippen molar-refractivity contribution in [2.24, 2.45) is 0 Å². The summed E-state index contributed by atoms with van der Waals surface area (Å²) in [5.74, 6) is -3.51. The SMILES string of the molecule is O=C(O)COc1c(Br)cc(I)cc1/C=C1\C(=O)NC(=O)N(c2ccc(F)cc2)C1=O. The maximum absolute atomic E-state index is 13.2. The van der Waals surface area contributed by atoms with E-state index in [-0.39, 0.29) is 22.6 Å². The lowest BCUT2D eigenvalue weighted by atomic mass is 10.1. The summed E-state index contributed by atoms with van der Waals surface area (Å²) in [5, 5.41) is 10.9. The van der Waals surface area contributed by atoms with E-state index in [2.05, 4.69) is 21.2 Å². The molecular weight excluding hydrogens is 578 g/mol. The van der Waals surface area contributed by atoms with Crippen molar-refractivity contribution in [3.63, 3.8) is 0 Å². The molecule has 0 unspecified atom stereocenters. The molecule has 2 N–H and O–H groups in total. The lowest BCUT2D eigenvalue weighted by Crippen LogP contribution is -2.54. The van der Waals surface area contributed by atoms with E-state index in [0.717, 1.165) is 12.1 Å². The third-order valence-electron chi connectivity index (χ3n) is 3.86. The van der Waals surface area contributed by atoms with Crippen LogP contribution in [0.1, 0.15) is 5.56 Å². The summed E-state index contributed by atoms with van der Waals surface area (Å²) in [6.45, 7) is -0.643. The van der Waals surface area contributed by atoms with E-state index in [1.54, 1.807) is 12.1 Å². The zero-order valence-electron chi connectivity index (χ0n) is 14.8. The van der Waals surface area contributed by atoms with Gasteiger partial charge in [-0.25, -0.2) is 18.9 Å². The molecule has 11 heteroatoms. The highest BCUT2D eigenvalue weighted by atomic mass is 127. The molecule has 1 heterocycles. The molecule has 1 aliphatic rings. The van der Waals surface area contributed by atoms with Gasteiger partial charge in [-0.1, -0.05) is 0 Å². The molecular formula is C19H11BrFIN2O6. The highest BCUT2D eigenvalue weighted by molar-refractivity contribution is 14.1. The topological polar surface area (TPSA) is 113 Å². The van der Waals surface area contributed by atoms with Gasteiger partial charge in [-0.3, -0.25) is 14.9 Å². The number of amides is 4. The quantitative estimate of drug-likeness (QED) is 0.315. The second kappa shape index (κ2) is 8.92. The van der Waals surface area contributed by atoms with Crippen molar-refractivity contribution in [1.82, 2.24) is 5.32 Å². The number of aliphatic carboxylic acids is 1. The van der Waals surface area contributed by atoms with Gasteiger partial charge in [-0.15, -0.1) is 0 Å². The first kappa shape index (κ1) is 21.9. The van der Waals surface area contributed by atoms with Crippen LogP contribution in [0, 0.1) is 9.39 Å². The number of carbonyl (C=O) groups is 4. The molecule has 30 heavy (non-hydrogen) atoms. The first-order valence-electron chi connectivity index (χ1n) is 8.18. The van der Waals surface area contributed by atoms with Crippen molar-refractivity contribution < 1.29 is 33.4 Å². The smallest absolute Gasteiger partial charge is 0.341 e. The zero-order valence-corrected chi connectivity index (χ0v) is 18.6. The van der Waals surface area contributed by atoms with Crippen LogP contribution in [-0.2, 0) is 14.4 Å². The number of barbiturate groups is 1. The summed E-state index contributed by atoms with van der Waals surface area (Å²) in [4.78, 5) is 49.0. The number of anilines is 1. The average Bonchev–Trinajstić information content (AvgIpc) is 2.65. The number of ether oxygens (including phenoxy) is 1. The summed E-state index contributed by atoms with van der Waals surface area (Å²) >= 11 is 5.27. The van der Waals surface area contributed by atoms with Crippen LogP contribution in [-0.4, -0.2) is 35.5 Å². The van der Waals surface area contributed by atoms with Gasteiger partial charge in [-0.2, -0.15) is 0 Å². The number of hydrogen-bond donors (Lipinski definition) is 2. The molecule has 4 amide bonds. The number of nitrogens with zero attached hydrogens (tertiary/aromatic N) is 1. The first-order chi connectivity index (χ1) is 14.2. The van der Waals surface area contributed by atoms with Gasteiger partial charge in [0.15, 0.2) is 6.61 Å². The first-order valence-corrected chi connectivity index (χ1v) is 10.0.